The van der Waals surface area contributed by atoms with Crippen LogP contribution < -0.4 is 10.6 Å². The number of rotatable bonds is 6. The molecule has 2 rings (SSSR count). The standard InChI is InChI=1S/C17H27N3O3S.ClH/c1-4-20(5-2)24(22,23)16-11-15(9-8-13(16)3)19-17(21)14-7-6-10-18-12-14;/h8-9,11,14,18H,4-7,10,12H2,1-3H3,(H,19,21);1H. The fourth-order valence-electron chi connectivity index (χ4n) is 2.98. The third-order valence-electron chi connectivity index (χ3n) is 4.45. The van der Waals surface area contributed by atoms with Gasteiger partial charge in [0.2, 0.25) is 15.9 Å². The average Bonchev–Trinajstić information content (AvgIpc) is 2.58. The molecule has 1 heterocycles. The van der Waals surface area contributed by atoms with Gasteiger partial charge in [-0.25, -0.2) is 8.42 Å². The van der Waals surface area contributed by atoms with Gasteiger partial charge in [0.1, 0.15) is 0 Å². The monoisotopic (exact) mass is 389 g/mol. The summed E-state index contributed by atoms with van der Waals surface area (Å²) < 4.78 is 26.9. The van der Waals surface area contributed by atoms with Crippen molar-refractivity contribution in [2.45, 2.75) is 38.5 Å². The predicted octanol–water partition coefficient (Wildman–Crippen LogP) is 2.39. The Kier molecular flexibility index (Phi) is 8.34. The molecule has 1 aromatic rings. The molecular weight excluding hydrogens is 362 g/mol. The molecule has 1 aliphatic rings. The smallest absolute Gasteiger partial charge is 0.243 e. The quantitative estimate of drug-likeness (QED) is 0.782. The molecule has 1 fully saturated rings. The lowest BCUT2D eigenvalue weighted by Gasteiger charge is -2.23. The van der Waals surface area contributed by atoms with E-state index in [1.54, 1.807) is 25.1 Å². The number of nitrogens with one attached hydrogen (secondary N) is 2. The highest BCUT2D eigenvalue weighted by molar-refractivity contribution is 7.89. The van der Waals surface area contributed by atoms with Crippen molar-refractivity contribution < 1.29 is 13.2 Å². The third kappa shape index (κ3) is 5.17. The van der Waals surface area contributed by atoms with Gasteiger partial charge in [-0.2, -0.15) is 4.31 Å². The van der Waals surface area contributed by atoms with Crippen molar-refractivity contribution in [2.24, 2.45) is 5.92 Å². The lowest BCUT2D eigenvalue weighted by molar-refractivity contribution is -0.120. The molecule has 0 saturated carbocycles. The molecule has 2 N–H and O–H groups in total. The van der Waals surface area contributed by atoms with Crippen molar-refractivity contribution in [1.29, 1.82) is 0 Å². The second kappa shape index (κ2) is 9.52. The fourth-order valence-corrected chi connectivity index (χ4v) is 4.69. The minimum atomic E-state index is -3.55. The summed E-state index contributed by atoms with van der Waals surface area (Å²) in [6.45, 7) is 7.86. The van der Waals surface area contributed by atoms with E-state index >= 15 is 0 Å². The zero-order valence-electron chi connectivity index (χ0n) is 15.0. The van der Waals surface area contributed by atoms with Crippen LogP contribution in [-0.2, 0) is 14.8 Å². The Balaban J connectivity index is 0.00000312. The van der Waals surface area contributed by atoms with E-state index < -0.39 is 10.0 Å². The Morgan fingerprint density at radius 3 is 2.56 bits per heavy atom. The molecule has 0 radical (unpaired) electrons. The minimum Gasteiger partial charge on any atom is -0.326 e. The maximum Gasteiger partial charge on any atom is 0.243 e. The van der Waals surface area contributed by atoms with Gasteiger partial charge >= 0.3 is 0 Å². The van der Waals surface area contributed by atoms with Crippen LogP contribution in [0.15, 0.2) is 23.1 Å². The van der Waals surface area contributed by atoms with E-state index in [0.29, 0.717) is 30.9 Å². The van der Waals surface area contributed by atoms with E-state index in [9.17, 15) is 13.2 Å². The van der Waals surface area contributed by atoms with E-state index in [1.165, 1.54) is 4.31 Å². The van der Waals surface area contributed by atoms with E-state index in [2.05, 4.69) is 10.6 Å². The van der Waals surface area contributed by atoms with Crippen LogP contribution in [0.5, 0.6) is 0 Å². The van der Waals surface area contributed by atoms with Crippen molar-refractivity contribution in [3.05, 3.63) is 23.8 Å². The van der Waals surface area contributed by atoms with Gasteiger partial charge < -0.3 is 10.6 Å². The van der Waals surface area contributed by atoms with Gasteiger partial charge in [-0.3, -0.25) is 4.79 Å². The SMILES string of the molecule is CCN(CC)S(=O)(=O)c1cc(NC(=O)C2CCCNC2)ccc1C.Cl. The first-order valence-corrected chi connectivity index (χ1v) is 9.96. The highest BCUT2D eigenvalue weighted by Crippen LogP contribution is 2.24. The number of hydrogen-bond donors (Lipinski definition) is 2. The molecular formula is C17H28ClN3O3S. The molecule has 25 heavy (non-hydrogen) atoms. The Bertz CT molecular complexity index is 684. The number of carbonyl (C=O) groups is 1. The van der Waals surface area contributed by atoms with E-state index in [0.717, 1.165) is 19.4 Å². The lowest BCUT2D eigenvalue weighted by Crippen LogP contribution is -2.37. The summed E-state index contributed by atoms with van der Waals surface area (Å²) in [5.41, 5.74) is 1.21. The molecule has 1 saturated heterocycles. The first-order chi connectivity index (χ1) is 11.4. The maximum atomic E-state index is 12.8. The Morgan fingerprint density at radius 2 is 2.00 bits per heavy atom. The number of hydrogen-bond acceptors (Lipinski definition) is 4. The summed E-state index contributed by atoms with van der Waals surface area (Å²) in [5, 5.41) is 6.08. The fraction of sp³-hybridized carbons (Fsp3) is 0.588. The van der Waals surface area contributed by atoms with Gasteiger partial charge in [0.15, 0.2) is 0 Å². The summed E-state index contributed by atoms with van der Waals surface area (Å²) in [5.74, 6) is -0.125. The molecule has 1 aromatic carbocycles. The first kappa shape index (κ1) is 21.9. The predicted molar refractivity (Wildman–Crippen MR) is 103 cm³/mol. The van der Waals surface area contributed by atoms with Gasteiger partial charge in [-0.05, 0) is 44.0 Å². The maximum absolute atomic E-state index is 12.8. The number of halogens is 1. The molecule has 0 aliphatic carbocycles. The van der Waals surface area contributed by atoms with E-state index in [1.807, 2.05) is 13.8 Å². The van der Waals surface area contributed by atoms with Crippen molar-refractivity contribution in [3.8, 4) is 0 Å². The summed E-state index contributed by atoms with van der Waals surface area (Å²) in [6, 6.07) is 5.06. The molecule has 142 valence electrons. The molecule has 1 unspecified atom stereocenters. The van der Waals surface area contributed by atoms with Crippen molar-refractivity contribution in [2.75, 3.05) is 31.5 Å². The largest absolute Gasteiger partial charge is 0.326 e. The number of piperidine rings is 1. The second-order valence-corrected chi connectivity index (χ2v) is 8.01. The highest BCUT2D eigenvalue weighted by Gasteiger charge is 2.25. The minimum absolute atomic E-state index is 0. The summed E-state index contributed by atoms with van der Waals surface area (Å²) in [6.07, 6.45) is 1.84. The molecule has 0 spiro atoms. The summed E-state index contributed by atoms with van der Waals surface area (Å²) in [4.78, 5) is 12.6. The zero-order chi connectivity index (χ0) is 17.7. The number of nitrogens with zero attached hydrogens (tertiary/aromatic N) is 1. The van der Waals surface area contributed by atoms with Crippen LogP contribution in [0, 0.1) is 12.8 Å². The molecule has 6 nitrogen and oxygen atoms in total. The van der Waals surface area contributed by atoms with Crippen LogP contribution in [0.4, 0.5) is 5.69 Å². The van der Waals surface area contributed by atoms with Crippen molar-refractivity contribution in [3.63, 3.8) is 0 Å². The molecule has 0 bridgehead atoms. The number of benzene rings is 1. The molecule has 8 heteroatoms. The van der Waals surface area contributed by atoms with Gasteiger partial charge in [0.05, 0.1) is 10.8 Å². The Labute approximate surface area is 156 Å². The van der Waals surface area contributed by atoms with E-state index in [-0.39, 0.29) is 29.1 Å². The topological polar surface area (TPSA) is 78.5 Å². The van der Waals surface area contributed by atoms with Crippen LogP contribution in [-0.4, -0.2) is 44.8 Å². The second-order valence-electron chi connectivity index (χ2n) is 6.10. The van der Waals surface area contributed by atoms with Gasteiger partial charge in [-0.1, -0.05) is 19.9 Å². The molecule has 1 aliphatic heterocycles. The molecule has 0 aromatic heterocycles. The van der Waals surface area contributed by atoms with E-state index in [4.69, 9.17) is 0 Å². The highest BCUT2D eigenvalue weighted by atomic mass is 35.5. The summed E-state index contributed by atoms with van der Waals surface area (Å²) in [7, 11) is -3.55. The first-order valence-electron chi connectivity index (χ1n) is 8.52. The number of aryl methyl sites for hydroxylation is 1. The third-order valence-corrected chi connectivity index (χ3v) is 6.64. The van der Waals surface area contributed by atoms with Gasteiger partial charge in [0, 0.05) is 25.3 Å². The van der Waals surface area contributed by atoms with Gasteiger partial charge in [0.25, 0.3) is 0 Å². The Hall–Kier alpha value is -1.15. The van der Waals surface area contributed by atoms with Crippen LogP contribution in [0.1, 0.15) is 32.3 Å². The number of sulfonamides is 1. The number of amides is 1. The van der Waals surface area contributed by atoms with Crippen molar-refractivity contribution in [1.82, 2.24) is 9.62 Å². The zero-order valence-corrected chi connectivity index (χ0v) is 16.7. The average molecular weight is 390 g/mol. The van der Waals surface area contributed by atoms with Crippen LogP contribution in [0.3, 0.4) is 0 Å². The number of carbonyl (C=O) groups excluding carboxylic acids is 1. The van der Waals surface area contributed by atoms with Crippen LogP contribution >= 0.6 is 12.4 Å². The number of anilines is 1. The molecule has 1 atom stereocenters. The van der Waals surface area contributed by atoms with Crippen LogP contribution in [0.2, 0.25) is 0 Å². The van der Waals surface area contributed by atoms with Crippen LogP contribution in [0.25, 0.3) is 0 Å². The normalized spacial score (nSPS) is 17.8. The molecule has 1 amide bonds. The van der Waals surface area contributed by atoms with Gasteiger partial charge in [-0.15, -0.1) is 12.4 Å². The summed E-state index contributed by atoms with van der Waals surface area (Å²) >= 11 is 0. The van der Waals surface area contributed by atoms with Crippen molar-refractivity contribution >= 4 is 34.0 Å². The Morgan fingerprint density at radius 1 is 1.32 bits per heavy atom. The lowest BCUT2D eigenvalue weighted by atomic mass is 9.99.